The van der Waals surface area contributed by atoms with E-state index in [9.17, 15) is 5.73 Å². The maximum absolute atomic E-state index is 11.1. The second kappa shape index (κ2) is 8.79. The number of anilines is 1. The van der Waals surface area contributed by atoms with Crippen molar-refractivity contribution in [3.63, 3.8) is 0 Å². The van der Waals surface area contributed by atoms with Crippen molar-refractivity contribution >= 4 is 28.4 Å². The van der Waals surface area contributed by atoms with Gasteiger partial charge in [0.25, 0.3) is 0 Å². The lowest BCUT2D eigenvalue weighted by atomic mass is 10.00. The Bertz CT molecular complexity index is 1050. The molecule has 0 saturated carbocycles. The smallest absolute Gasteiger partial charge is 0.231 e. The fraction of sp³-hybridized carbons (Fsp3) is 0.542. The summed E-state index contributed by atoms with van der Waals surface area (Å²) >= 11 is 1.74. The number of aliphatic imine (C=N–C) groups is 1. The molecule has 0 aliphatic carbocycles. The van der Waals surface area contributed by atoms with Gasteiger partial charge in [-0.1, -0.05) is 0 Å². The first kappa shape index (κ1) is 21.2. The number of ether oxygens (including phenoxy) is 2. The van der Waals surface area contributed by atoms with Crippen molar-refractivity contribution in [1.29, 1.82) is 0 Å². The van der Waals surface area contributed by atoms with Crippen LogP contribution >= 0.6 is 11.3 Å². The average Bonchev–Trinajstić information content (AvgIpc) is 3.44. The third-order valence-corrected chi connectivity index (χ3v) is 8.29. The van der Waals surface area contributed by atoms with Crippen LogP contribution in [0.2, 0.25) is 0 Å². The van der Waals surface area contributed by atoms with Crippen LogP contribution in [0.25, 0.3) is 0 Å². The zero-order chi connectivity index (χ0) is 22.4. The Labute approximate surface area is 199 Å². The topological polar surface area (TPSA) is 66.1 Å². The van der Waals surface area contributed by atoms with Crippen molar-refractivity contribution in [2.45, 2.75) is 25.6 Å². The molecule has 6 rings (SSSR count). The van der Waals surface area contributed by atoms with Crippen LogP contribution in [-0.2, 0) is 13.0 Å². The largest absolute Gasteiger partial charge is 0.454 e. The number of nitrogens with zero attached hydrogens (tertiary/aromatic N) is 6. The Balaban J connectivity index is 1.000. The van der Waals surface area contributed by atoms with E-state index in [4.69, 9.17) is 14.5 Å². The van der Waals surface area contributed by atoms with Gasteiger partial charge in [-0.25, -0.2) is 4.99 Å². The molecular formula is C24H30N6O2S. The Kier molecular flexibility index (Phi) is 5.65. The summed E-state index contributed by atoms with van der Waals surface area (Å²) in [5.41, 5.74) is 14.7. The summed E-state index contributed by atoms with van der Waals surface area (Å²) in [5.74, 6) is 1.68. The molecule has 4 aliphatic rings. The number of rotatable bonds is 5. The van der Waals surface area contributed by atoms with Crippen molar-refractivity contribution < 1.29 is 9.47 Å². The number of piperazine rings is 1. The van der Waals surface area contributed by atoms with E-state index in [1.807, 2.05) is 17.3 Å². The predicted molar refractivity (Wildman–Crippen MR) is 130 cm³/mol. The lowest BCUT2D eigenvalue weighted by Crippen LogP contribution is -2.47. The molecule has 4 aliphatic heterocycles. The van der Waals surface area contributed by atoms with Gasteiger partial charge in [-0.05, 0) is 44.1 Å². The van der Waals surface area contributed by atoms with Crippen LogP contribution < -0.4 is 20.1 Å². The lowest BCUT2D eigenvalue weighted by Gasteiger charge is -2.36. The second-order valence-electron chi connectivity index (χ2n) is 9.29. The first-order valence-electron chi connectivity index (χ1n) is 11.8. The van der Waals surface area contributed by atoms with Gasteiger partial charge in [-0.15, -0.1) is 17.1 Å². The molecule has 5 heterocycles. The van der Waals surface area contributed by atoms with Crippen molar-refractivity contribution in [2.75, 3.05) is 64.6 Å². The van der Waals surface area contributed by atoms with Crippen LogP contribution in [0.1, 0.15) is 28.6 Å². The Hall–Kier alpha value is -2.33. The highest BCUT2D eigenvalue weighted by Crippen LogP contribution is 2.44. The monoisotopic (exact) mass is 466 g/mol. The average molecular weight is 467 g/mol. The Morgan fingerprint density at radius 2 is 1.94 bits per heavy atom. The molecule has 0 N–H and O–H groups in total. The summed E-state index contributed by atoms with van der Waals surface area (Å²) in [6.07, 6.45) is 3.29. The van der Waals surface area contributed by atoms with Crippen LogP contribution in [0.15, 0.2) is 23.2 Å². The molecular weight excluding hydrogens is 436 g/mol. The van der Waals surface area contributed by atoms with E-state index in [0.29, 0.717) is 6.79 Å². The van der Waals surface area contributed by atoms with Crippen LogP contribution in [0.3, 0.4) is 0 Å². The number of likely N-dealkylation sites (N-methyl/N-ethyl adjacent to an activating group) is 1. The summed E-state index contributed by atoms with van der Waals surface area (Å²) in [7, 11) is 2.16. The summed E-state index contributed by atoms with van der Waals surface area (Å²) in [6, 6.07) is 6.21. The van der Waals surface area contributed by atoms with E-state index in [-0.39, 0.29) is 0 Å². The van der Waals surface area contributed by atoms with Gasteiger partial charge in [0.1, 0.15) is 11.2 Å². The normalized spacial score (nSPS) is 22.5. The number of benzene rings is 1. The Morgan fingerprint density at radius 3 is 2.82 bits per heavy atom. The number of thiophene rings is 1. The minimum absolute atomic E-state index is 0.316. The molecule has 2 aromatic rings. The molecule has 174 valence electrons. The zero-order valence-electron chi connectivity index (χ0n) is 19.1. The predicted octanol–water partition coefficient (Wildman–Crippen LogP) is 2.72. The standard InChI is InChI=1S/C24H30N6O2S/c1-27-8-5-18-21(14-27)33-24-22(18)23(25)30(15-26-24)7-2-6-28-9-11-29(12-10-28)17-3-4-19-20(13-17)32-16-31-19/h3-4,13,15,23H,2,5-12,14,16H2,1H3. The van der Waals surface area contributed by atoms with E-state index in [1.165, 1.54) is 16.1 Å². The van der Waals surface area contributed by atoms with Gasteiger partial charge in [0, 0.05) is 68.0 Å². The van der Waals surface area contributed by atoms with Gasteiger partial charge < -0.3 is 24.2 Å². The van der Waals surface area contributed by atoms with Crippen molar-refractivity contribution in [2.24, 2.45) is 4.99 Å². The highest BCUT2D eigenvalue weighted by molar-refractivity contribution is 7.16. The van der Waals surface area contributed by atoms with Gasteiger partial charge in [0.05, 0.1) is 6.34 Å². The molecule has 1 fully saturated rings. The quantitative estimate of drug-likeness (QED) is 0.675. The first-order chi connectivity index (χ1) is 16.2. The van der Waals surface area contributed by atoms with Gasteiger partial charge in [-0.2, -0.15) is 0 Å². The van der Waals surface area contributed by atoms with Gasteiger partial charge in [0.15, 0.2) is 11.5 Å². The molecule has 33 heavy (non-hydrogen) atoms. The third kappa shape index (κ3) is 4.07. The number of hydrogen-bond donors (Lipinski definition) is 0. The van der Waals surface area contributed by atoms with Crippen molar-refractivity contribution in [3.8, 4) is 11.5 Å². The highest BCUT2D eigenvalue weighted by Gasteiger charge is 2.31. The van der Waals surface area contributed by atoms with E-state index in [2.05, 4.69) is 33.9 Å². The molecule has 1 atom stereocenters. The van der Waals surface area contributed by atoms with Gasteiger partial charge in [-0.3, -0.25) is 4.90 Å². The molecule has 8 nitrogen and oxygen atoms in total. The van der Waals surface area contributed by atoms with E-state index >= 15 is 0 Å². The minimum Gasteiger partial charge on any atom is -0.454 e. The maximum atomic E-state index is 11.1. The highest BCUT2D eigenvalue weighted by atomic mass is 32.1. The molecule has 0 bridgehead atoms. The van der Waals surface area contributed by atoms with Gasteiger partial charge in [0.2, 0.25) is 6.79 Å². The van der Waals surface area contributed by atoms with Crippen LogP contribution in [0.4, 0.5) is 10.7 Å². The molecule has 0 spiro atoms. The summed E-state index contributed by atoms with van der Waals surface area (Å²) in [6.45, 7) is 8.28. The second-order valence-corrected chi connectivity index (χ2v) is 10.4. The molecule has 2 radical (unpaired) electrons. The number of hydrogen-bond acceptors (Lipinski definition) is 8. The van der Waals surface area contributed by atoms with Crippen molar-refractivity contribution in [1.82, 2.24) is 20.4 Å². The SMILES string of the molecule is CN1CCc2c(sc3c2C([N])N(CCCN2CCN(c4ccc5c(c4)OCO5)CC2)C=N3)C1. The lowest BCUT2D eigenvalue weighted by molar-refractivity contribution is 0.174. The maximum Gasteiger partial charge on any atom is 0.231 e. The minimum atomic E-state index is -0.566. The third-order valence-electron chi connectivity index (χ3n) is 7.15. The first-order valence-corrected chi connectivity index (χ1v) is 12.7. The van der Waals surface area contributed by atoms with Crippen LogP contribution in [0.5, 0.6) is 11.5 Å². The van der Waals surface area contributed by atoms with Crippen LogP contribution in [0, 0.1) is 0 Å². The Morgan fingerprint density at radius 1 is 1.09 bits per heavy atom. The molecule has 9 heteroatoms. The zero-order valence-corrected chi connectivity index (χ0v) is 19.9. The molecule has 1 aromatic heterocycles. The molecule has 1 unspecified atom stereocenters. The van der Waals surface area contributed by atoms with E-state index in [0.717, 1.165) is 87.3 Å². The van der Waals surface area contributed by atoms with Crippen LogP contribution in [-0.4, -0.2) is 80.7 Å². The fourth-order valence-electron chi connectivity index (χ4n) is 5.23. The number of fused-ring (bicyclic) bond motifs is 4. The molecule has 0 amide bonds. The van der Waals surface area contributed by atoms with E-state index < -0.39 is 6.17 Å². The fourth-order valence-corrected chi connectivity index (χ4v) is 6.52. The summed E-state index contributed by atoms with van der Waals surface area (Å²) in [5, 5.41) is 0.999. The van der Waals surface area contributed by atoms with Gasteiger partial charge >= 0.3 is 0 Å². The van der Waals surface area contributed by atoms with E-state index in [1.54, 1.807) is 11.3 Å². The molecule has 1 saturated heterocycles. The summed E-state index contributed by atoms with van der Waals surface area (Å²) < 4.78 is 11.0. The van der Waals surface area contributed by atoms with Crippen molar-refractivity contribution in [3.05, 3.63) is 34.2 Å². The molecule has 1 aromatic carbocycles. The summed E-state index contributed by atoms with van der Waals surface area (Å²) in [4.78, 5) is 15.3.